The maximum absolute atomic E-state index is 6.18. The predicted octanol–water partition coefficient (Wildman–Crippen LogP) is 3.89. The van der Waals surface area contributed by atoms with E-state index in [2.05, 4.69) is 30.2 Å². The predicted molar refractivity (Wildman–Crippen MR) is 75.7 cm³/mol. The number of hydrogen-bond donors (Lipinski definition) is 1. The van der Waals surface area contributed by atoms with Crippen molar-refractivity contribution < 1.29 is 0 Å². The molecule has 1 aromatic carbocycles. The highest BCUT2D eigenvalue weighted by atomic mass is 35.5. The molecule has 1 aromatic heterocycles. The molecular weight excluding hydrogens is 244 g/mol. The molecule has 0 radical (unpaired) electrons. The average molecular weight is 261 g/mol. The Morgan fingerprint density at radius 3 is 2.78 bits per heavy atom. The second kappa shape index (κ2) is 5.98. The van der Waals surface area contributed by atoms with E-state index in [1.807, 2.05) is 36.7 Å². The maximum Gasteiger partial charge on any atom is 0.0453 e. The van der Waals surface area contributed by atoms with Crippen molar-refractivity contribution >= 4 is 11.6 Å². The van der Waals surface area contributed by atoms with E-state index in [0.29, 0.717) is 0 Å². The van der Waals surface area contributed by atoms with E-state index in [1.165, 1.54) is 11.1 Å². The third-order valence-corrected chi connectivity index (χ3v) is 3.45. The summed E-state index contributed by atoms with van der Waals surface area (Å²) in [6.45, 7) is 5.02. The van der Waals surface area contributed by atoms with Crippen LogP contribution in [0, 0.1) is 6.92 Å². The lowest BCUT2D eigenvalue weighted by molar-refractivity contribution is 0.573. The fraction of sp³-hybridized carbons (Fsp3) is 0.267. The summed E-state index contributed by atoms with van der Waals surface area (Å²) in [7, 11) is 0. The van der Waals surface area contributed by atoms with Crippen LogP contribution in [0.2, 0.25) is 5.02 Å². The molecule has 0 aliphatic rings. The van der Waals surface area contributed by atoms with Crippen LogP contribution in [0.5, 0.6) is 0 Å². The molecule has 0 saturated carbocycles. The lowest BCUT2D eigenvalue weighted by Gasteiger charge is -2.16. The van der Waals surface area contributed by atoms with E-state index >= 15 is 0 Å². The number of nitrogens with zero attached hydrogens (tertiary/aromatic N) is 1. The Morgan fingerprint density at radius 2 is 2.06 bits per heavy atom. The Balaban J connectivity index is 2.03. The largest absolute Gasteiger partial charge is 0.306 e. The maximum atomic E-state index is 6.18. The van der Waals surface area contributed by atoms with Crippen molar-refractivity contribution in [3.63, 3.8) is 0 Å². The molecule has 0 aliphatic heterocycles. The number of aromatic nitrogens is 1. The first-order valence-electron chi connectivity index (χ1n) is 6.06. The second-order valence-electron chi connectivity index (χ2n) is 4.43. The molecule has 1 atom stereocenters. The molecule has 0 fully saturated rings. The van der Waals surface area contributed by atoms with Gasteiger partial charge >= 0.3 is 0 Å². The van der Waals surface area contributed by atoms with Crippen molar-refractivity contribution in [2.75, 3.05) is 0 Å². The number of benzene rings is 1. The molecule has 2 aromatic rings. The van der Waals surface area contributed by atoms with Gasteiger partial charge in [0.15, 0.2) is 0 Å². The summed E-state index contributed by atoms with van der Waals surface area (Å²) in [5.41, 5.74) is 3.60. The van der Waals surface area contributed by atoms with E-state index in [1.54, 1.807) is 0 Å². The van der Waals surface area contributed by atoms with Crippen LogP contribution in [-0.2, 0) is 6.54 Å². The number of aryl methyl sites for hydroxylation is 1. The van der Waals surface area contributed by atoms with Crippen LogP contribution in [0.15, 0.2) is 42.7 Å². The number of rotatable bonds is 4. The average Bonchev–Trinajstić information content (AvgIpc) is 2.38. The van der Waals surface area contributed by atoms with E-state index in [0.717, 1.165) is 17.1 Å². The van der Waals surface area contributed by atoms with Gasteiger partial charge in [0.1, 0.15) is 0 Å². The van der Waals surface area contributed by atoms with Gasteiger partial charge in [-0.15, -0.1) is 0 Å². The Hall–Kier alpha value is -1.38. The zero-order chi connectivity index (χ0) is 13.0. The standard InChI is InChI=1S/C15H17ClN2/c1-11-9-17-8-7-13(11)10-18-12(2)14-5-3-4-6-15(14)16/h3-9,12,18H,10H2,1-2H3. The van der Waals surface area contributed by atoms with Gasteiger partial charge in [-0.25, -0.2) is 0 Å². The first-order valence-corrected chi connectivity index (χ1v) is 6.43. The molecule has 0 bridgehead atoms. The zero-order valence-corrected chi connectivity index (χ0v) is 11.4. The summed E-state index contributed by atoms with van der Waals surface area (Å²) in [4.78, 5) is 4.10. The highest BCUT2D eigenvalue weighted by molar-refractivity contribution is 6.31. The molecule has 18 heavy (non-hydrogen) atoms. The van der Waals surface area contributed by atoms with Gasteiger partial charge in [-0.05, 0) is 42.7 Å². The van der Waals surface area contributed by atoms with Crippen LogP contribution in [0.3, 0.4) is 0 Å². The minimum absolute atomic E-state index is 0.228. The van der Waals surface area contributed by atoms with E-state index in [4.69, 9.17) is 11.6 Å². The molecule has 2 nitrogen and oxygen atoms in total. The van der Waals surface area contributed by atoms with Gasteiger partial charge in [0, 0.05) is 30.0 Å². The van der Waals surface area contributed by atoms with Gasteiger partial charge < -0.3 is 5.32 Å². The Morgan fingerprint density at radius 1 is 1.28 bits per heavy atom. The molecule has 1 N–H and O–H groups in total. The van der Waals surface area contributed by atoms with E-state index in [-0.39, 0.29) is 6.04 Å². The van der Waals surface area contributed by atoms with Gasteiger partial charge in [0.2, 0.25) is 0 Å². The SMILES string of the molecule is Cc1cnccc1CNC(C)c1ccccc1Cl. The smallest absolute Gasteiger partial charge is 0.0453 e. The monoisotopic (exact) mass is 260 g/mol. The molecule has 1 heterocycles. The molecule has 0 spiro atoms. The van der Waals surface area contributed by atoms with Gasteiger partial charge in [-0.3, -0.25) is 4.98 Å². The molecule has 3 heteroatoms. The van der Waals surface area contributed by atoms with Gasteiger partial charge in [-0.2, -0.15) is 0 Å². The highest BCUT2D eigenvalue weighted by Gasteiger charge is 2.08. The van der Waals surface area contributed by atoms with Crippen LogP contribution in [0.1, 0.15) is 29.7 Å². The van der Waals surface area contributed by atoms with E-state index < -0.39 is 0 Å². The van der Waals surface area contributed by atoms with Crippen molar-refractivity contribution in [3.05, 3.63) is 64.4 Å². The quantitative estimate of drug-likeness (QED) is 0.902. The van der Waals surface area contributed by atoms with Crippen LogP contribution >= 0.6 is 11.6 Å². The lowest BCUT2D eigenvalue weighted by Crippen LogP contribution is -2.19. The van der Waals surface area contributed by atoms with Gasteiger partial charge in [0.25, 0.3) is 0 Å². The lowest BCUT2D eigenvalue weighted by atomic mass is 10.1. The summed E-state index contributed by atoms with van der Waals surface area (Å²) in [5, 5.41) is 4.29. The second-order valence-corrected chi connectivity index (χ2v) is 4.83. The first-order chi connectivity index (χ1) is 8.68. The minimum atomic E-state index is 0.228. The highest BCUT2D eigenvalue weighted by Crippen LogP contribution is 2.22. The molecule has 0 aliphatic carbocycles. The Kier molecular flexibility index (Phi) is 4.34. The topological polar surface area (TPSA) is 24.9 Å². The van der Waals surface area contributed by atoms with Crippen molar-refractivity contribution in [3.8, 4) is 0 Å². The van der Waals surface area contributed by atoms with Crippen molar-refractivity contribution in [2.45, 2.75) is 26.4 Å². The molecule has 0 amide bonds. The van der Waals surface area contributed by atoms with E-state index in [9.17, 15) is 0 Å². The van der Waals surface area contributed by atoms with Crippen LogP contribution in [0.4, 0.5) is 0 Å². The third kappa shape index (κ3) is 3.09. The van der Waals surface area contributed by atoms with Crippen LogP contribution in [-0.4, -0.2) is 4.98 Å². The third-order valence-electron chi connectivity index (χ3n) is 3.11. The number of hydrogen-bond acceptors (Lipinski definition) is 2. The number of nitrogens with one attached hydrogen (secondary N) is 1. The fourth-order valence-electron chi connectivity index (χ4n) is 1.90. The van der Waals surface area contributed by atoms with Crippen molar-refractivity contribution in [1.82, 2.24) is 10.3 Å². The van der Waals surface area contributed by atoms with Crippen molar-refractivity contribution in [2.24, 2.45) is 0 Å². The summed E-state index contributed by atoms with van der Waals surface area (Å²) in [5.74, 6) is 0. The van der Waals surface area contributed by atoms with Crippen LogP contribution < -0.4 is 5.32 Å². The normalized spacial score (nSPS) is 12.4. The summed E-state index contributed by atoms with van der Waals surface area (Å²) in [6.07, 6.45) is 3.71. The number of halogens is 1. The molecule has 1 unspecified atom stereocenters. The van der Waals surface area contributed by atoms with Crippen molar-refractivity contribution in [1.29, 1.82) is 0 Å². The fourth-order valence-corrected chi connectivity index (χ4v) is 2.20. The van der Waals surface area contributed by atoms with Gasteiger partial charge in [-0.1, -0.05) is 29.8 Å². The Bertz CT molecular complexity index is 525. The molecule has 2 rings (SSSR count). The molecule has 94 valence electrons. The van der Waals surface area contributed by atoms with Gasteiger partial charge in [0.05, 0.1) is 0 Å². The molecule has 0 saturated heterocycles. The summed E-state index contributed by atoms with van der Waals surface area (Å²) < 4.78 is 0. The number of pyridine rings is 1. The minimum Gasteiger partial charge on any atom is -0.306 e. The first kappa shape index (κ1) is 13.1. The van der Waals surface area contributed by atoms with Crippen LogP contribution in [0.25, 0.3) is 0 Å². The summed E-state index contributed by atoms with van der Waals surface area (Å²) >= 11 is 6.18. The molecular formula is C15H17ClN2. The summed E-state index contributed by atoms with van der Waals surface area (Å²) in [6, 6.07) is 10.2. The zero-order valence-electron chi connectivity index (χ0n) is 10.7. The Labute approximate surface area is 113 Å².